The molecule has 9 atom stereocenters. The van der Waals surface area contributed by atoms with E-state index in [0.29, 0.717) is 52.1 Å². The fourth-order valence-corrected chi connectivity index (χ4v) is 9.82. The maximum atomic E-state index is 14.6. The lowest BCUT2D eigenvalue weighted by Crippen LogP contribution is -2.60. The van der Waals surface area contributed by atoms with Crippen molar-refractivity contribution in [3.63, 3.8) is 0 Å². The third-order valence-corrected chi connectivity index (χ3v) is 14.0. The molecular formula is C51H85N7O9S. The Balaban J connectivity index is 1.71. The molecule has 5 amide bonds. The van der Waals surface area contributed by atoms with Gasteiger partial charge in [-0.2, -0.15) is 0 Å². The Hall–Kier alpha value is -4.16. The van der Waals surface area contributed by atoms with Crippen LogP contribution in [0.1, 0.15) is 112 Å². The fourth-order valence-electron chi connectivity index (χ4n) is 9.13. The molecule has 0 spiro atoms. The zero-order valence-electron chi connectivity index (χ0n) is 43.8. The summed E-state index contributed by atoms with van der Waals surface area (Å²) in [6.45, 7) is 21.1. The monoisotopic (exact) mass is 972 g/mol. The van der Waals surface area contributed by atoms with Crippen molar-refractivity contribution in [3.8, 4) is 0 Å². The minimum Gasteiger partial charge on any atom is -0.444 e. The molecule has 2 heterocycles. The Morgan fingerprint density at radius 3 is 2.12 bits per heavy atom. The zero-order chi connectivity index (χ0) is 50.9. The van der Waals surface area contributed by atoms with Gasteiger partial charge in [-0.1, -0.05) is 85.2 Å². The van der Waals surface area contributed by atoms with E-state index >= 15 is 0 Å². The Morgan fingerprint density at radius 1 is 0.897 bits per heavy atom. The van der Waals surface area contributed by atoms with E-state index in [-0.39, 0.29) is 59.9 Å². The number of nitrogens with one attached hydrogen (secondary N) is 2. The number of ether oxygens (including phenoxy) is 4. The van der Waals surface area contributed by atoms with E-state index in [0.717, 1.165) is 17.0 Å². The molecule has 0 aliphatic carbocycles. The molecule has 1 saturated heterocycles. The van der Waals surface area contributed by atoms with Gasteiger partial charge in [0.25, 0.3) is 0 Å². The van der Waals surface area contributed by atoms with E-state index in [9.17, 15) is 24.0 Å². The van der Waals surface area contributed by atoms with Gasteiger partial charge in [-0.25, -0.2) is 9.78 Å². The van der Waals surface area contributed by atoms with Gasteiger partial charge < -0.3 is 44.3 Å². The van der Waals surface area contributed by atoms with Gasteiger partial charge >= 0.3 is 6.09 Å². The molecule has 1 aromatic heterocycles. The van der Waals surface area contributed by atoms with Gasteiger partial charge in [0.1, 0.15) is 16.7 Å². The lowest BCUT2D eigenvalue weighted by molar-refractivity contribution is -0.148. The Bertz CT molecular complexity index is 1850. The molecule has 0 bridgehead atoms. The smallest absolute Gasteiger partial charge is 0.410 e. The van der Waals surface area contributed by atoms with E-state index in [1.54, 1.807) is 39.4 Å². The quantitative estimate of drug-likeness (QED) is 0.0944. The molecule has 2 N–H and O–H groups in total. The van der Waals surface area contributed by atoms with Crippen LogP contribution in [0.3, 0.4) is 0 Å². The van der Waals surface area contributed by atoms with E-state index in [4.69, 9.17) is 18.9 Å². The highest BCUT2D eigenvalue weighted by molar-refractivity contribution is 7.09. The summed E-state index contributed by atoms with van der Waals surface area (Å²) in [6, 6.07) is 7.43. The van der Waals surface area contributed by atoms with Crippen LogP contribution in [0.5, 0.6) is 0 Å². The van der Waals surface area contributed by atoms with Crippen molar-refractivity contribution in [1.82, 2.24) is 35.2 Å². The van der Waals surface area contributed by atoms with Crippen LogP contribution in [0.2, 0.25) is 0 Å². The third-order valence-electron chi connectivity index (χ3n) is 13.1. The number of carbonyl (C=O) groups excluding carboxylic acids is 5. The summed E-state index contributed by atoms with van der Waals surface area (Å²) in [5.41, 5.74) is 0.490. The predicted molar refractivity (Wildman–Crippen MR) is 267 cm³/mol. The maximum Gasteiger partial charge on any atom is 0.410 e. The number of hydrogen-bond acceptors (Lipinski definition) is 12. The molecule has 1 aliphatic heterocycles. The van der Waals surface area contributed by atoms with Gasteiger partial charge in [-0.15, -0.1) is 11.3 Å². The third kappa shape index (κ3) is 17.1. The van der Waals surface area contributed by atoms with Gasteiger partial charge in [0, 0.05) is 59.5 Å². The number of thiazole rings is 1. The molecule has 2 aromatic rings. The highest BCUT2D eigenvalue weighted by atomic mass is 32.1. The van der Waals surface area contributed by atoms with E-state index in [2.05, 4.69) is 15.6 Å². The number of nitrogens with zero attached hydrogens (tertiary/aromatic N) is 5. The molecule has 68 heavy (non-hydrogen) atoms. The first kappa shape index (κ1) is 58.2. The number of rotatable bonds is 27. The maximum absolute atomic E-state index is 14.6. The topological polar surface area (TPSA) is 172 Å². The van der Waals surface area contributed by atoms with Crippen LogP contribution in [0.4, 0.5) is 4.79 Å². The van der Waals surface area contributed by atoms with Gasteiger partial charge in [0.15, 0.2) is 0 Å². The van der Waals surface area contributed by atoms with E-state index in [1.165, 1.54) is 16.2 Å². The average Bonchev–Trinajstić information content (AvgIpc) is 4.01. The lowest BCUT2D eigenvalue weighted by Gasteiger charge is -2.41. The van der Waals surface area contributed by atoms with Crippen LogP contribution in [0, 0.1) is 23.7 Å². The summed E-state index contributed by atoms with van der Waals surface area (Å²) >= 11 is 1.50. The van der Waals surface area contributed by atoms with Gasteiger partial charge in [-0.3, -0.25) is 24.1 Å². The first-order valence-electron chi connectivity index (χ1n) is 24.4. The molecule has 16 nitrogen and oxygen atoms in total. The van der Waals surface area contributed by atoms with Crippen molar-refractivity contribution < 1.29 is 42.9 Å². The second kappa shape index (κ2) is 27.9. The second-order valence-corrected chi connectivity index (χ2v) is 21.1. The first-order chi connectivity index (χ1) is 32.1. The lowest BCUT2D eigenvalue weighted by atomic mass is 9.89. The van der Waals surface area contributed by atoms with Crippen LogP contribution in [-0.4, -0.2) is 164 Å². The van der Waals surface area contributed by atoms with Crippen molar-refractivity contribution in [1.29, 1.82) is 0 Å². The highest BCUT2D eigenvalue weighted by Crippen LogP contribution is 2.31. The van der Waals surface area contributed by atoms with Crippen LogP contribution in [0.15, 0.2) is 41.9 Å². The molecule has 1 aliphatic rings. The second-order valence-electron chi connectivity index (χ2n) is 20.1. The average molecular weight is 972 g/mol. The molecule has 3 rings (SSSR count). The van der Waals surface area contributed by atoms with E-state index in [1.807, 2.05) is 122 Å². The molecule has 17 heteroatoms. The summed E-state index contributed by atoms with van der Waals surface area (Å²) in [5, 5.41) is 9.06. The largest absolute Gasteiger partial charge is 0.444 e. The Morgan fingerprint density at radius 2 is 1.56 bits per heavy atom. The number of benzene rings is 1. The molecule has 0 radical (unpaired) electrons. The molecule has 1 fully saturated rings. The van der Waals surface area contributed by atoms with Crippen molar-refractivity contribution in [2.24, 2.45) is 23.7 Å². The summed E-state index contributed by atoms with van der Waals surface area (Å²) in [7, 11) is 8.41. The van der Waals surface area contributed by atoms with Crippen molar-refractivity contribution >= 4 is 41.1 Å². The number of aromatic nitrogens is 1. The van der Waals surface area contributed by atoms with Gasteiger partial charge in [-0.05, 0) is 70.4 Å². The predicted octanol–water partition coefficient (Wildman–Crippen LogP) is 6.44. The van der Waals surface area contributed by atoms with E-state index < -0.39 is 47.9 Å². The fraction of sp³-hybridized carbons (Fsp3) is 0.725. The number of likely N-dealkylation sites (N-methyl/N-ethyl adjacent to an activating group) is 3. The summed E-state index contributed by atoms with van der Waals surface area (Å²) in [6.07, 6.45) is 2.83. The number of likely N-dealkylation sites (tertiary alicyclic amines) is 1. The Kier molecular flexibility index (Phi) is 23.8. The molecule has 384 valence electrons. The van der Waals surface area contributed by atoms with Gasteiger partial charge in [0.05, 0.1) is 61.9 Å². The van der Waals surface area contributed by atoms with Crippen LogP contribution in [0.25, 0.3) is 0 Å². The SMILES string of the molecule is CC[C@H](C)C(C(CC(=O)N1CCC[C@H]1[C@H](OC)[C@@H](C)C(=O)N[C@@H](Cc1ccccc1)c1nccs1)OC)N(C)C(=O)[C@@H](NC(=O)[C@H](C(C)C)N(C)CCOCCN(C)C(=O)OC(C)(C)C)C(C)C. The molecule has 2 unspecified atom stereocenters. The first-order valence-corrected chi connectivity index (χ1v) is 25.3. The molecule has 1 aromatic carbocycles. The minimum absolute atomic E-state index is 0.0120. The van der Waals surface area contributed by atoms with Crippen LogP contribution in [-0.2, 0) is 44.5 Å². The standard InChI is InChI=1S/C51H85N7O9S/c1-16-35(6)44(57(13)49(62)42(33(2)3)54-47(61)43(34(4)5)55(11)26-28-66-29-27-56(12)50(63)67-51(8,9)10)40(64-14)32-41(59)58-25-20-23-39(58)45(65-15)36(7)46(60)53-38(48-52-24-30-68-48)31-37-21-18-17-19-22-37/h17-19,21-22,24,30,33-36,38-40,42-45H,16,20,23,25-29,31-32H2,1-15H3,(H,53,60)(H,54,61)/t35-,36+,38-,39-,40?,42-,43-,44?,45+/m0/s1. The number of methoxy groups -OCH3 is 2. The normalized spacial score (nSPS) is 17.8. The number of carbonyl (C=O) groups is 5. The van der Waals surface area contributed by atoms with Crippen LogP contribution >= 0.6 is 11.3 Å². The van der Waals surface area contributed by atoms with Crippen molar-refractivity contribution in [2.45, 2.75) is 149 Å². The van der Waals surface area contributed by atoms with Crippen LogP contribution < -0.4 is 10.6 Å². The minimum atomic E-state index is -0.845. The van der Waals surface area contributed by atoms with Gasteiger partial charge in [0.2, 0.25) is 23.6 Å². The Labute approximate surface area is 411 Å². The molecular weight excluding hydrogens is 887 g/mol. The highest BCUT2D eigenvalue weighted by Gasteiger charge is 2.43. The number of hydrogen-bond donors (Lipinski definition) is 2. The molecule has 0 saturated carbocycles. The van der Waals surface area contributed by atoms with Crippen molar-refractivity contribution in [3.05, 3.63) is 52.5 Å². The summed E-state index contributed by atoms with van der Waals surface area (Å²) < 4.78 is 23.4. The van der Waals surface area contributed by atoms with Crippen molar-refractivity contribution in [2.75, 3.05) is 68.2 Å². The zero-order valence-corrected chi connectivity index (χ0v) is 44.6. The summed E-state index contributed by atoms with van der Waals surface area (Å²) in [5.74, 6) is -1.82. The number of amides is 5. The summed E-state index contributed by atoms with van der Waals surface area (Å²) in [4.78, 5) is 81.0.